The van der Waals surface area contributed by atoms with E-state index in [-0.39, 0.29) is 23.6 Å². The number of amides is 3. The highest BCUT2D eigenvalue weighted by Crippen LogP contribution is 2.24. The average molecular weight is 406 g/mol. The summed E-state index contributed by atoms with van der Waals surface area (Å²) in [4.78, 5) is 40.3. The molecule has 29 heavy (non-hydrogen) atoms. The Morgan fingerprint density at radius 1 is 0.862 bits per heavy atom. The Balaban J connectivity index is 1.35. The summed E-state index contributed by atoms with van der Waals surface area (Å²) in [6, 6.07) is 0. The lowest BCUT2D eigenvalue weighted by molar-refractivity contribution is -0.138. The Morgan fingerprint density at radius 2 is 1.55 bits per heavy atom. The van der Waals surface area contributed by atoms with Gasteiger partial charge in [0, 0.05) is 45.6 Å². The van der Waals surface area contributed by atoms with E-state index in [1.807, 2.05) is 9.80 Å². The largest absolute Gasteiger partial charge is 0.356 e. The number of nitrogens with zero attached hydrogens (tertiary/aromatic N) is 2. The highest BCUT2D eigenvalue weighted by Gasteiger charge is 2.30. The fourth-order valence-corrected chi connectivity index (χ4v) is 5.11. The fourth-order valence-electron chi connectivity index (χ4n) is 5.11. The van der Waals surface area contributed by atoms with Gasteiger partial charge < -0.3 is 15.1 Å². The van der Waals surface area contributed by atoms with E-state index in [0.717, 1.165) is 44.8 Å². The smallest absolute Gasteiger partial charge is 0.224 e. The molecular formula is C23H39N3O3. The monoisotopic (exact) mass is 405 g/mol. The maximum Gasteiger partial charge on any atom is 0.224 e. The van der Waals surface area contributed by atoms with Crippen molar-refractivity contribution < 1.29 is 14.4 Å². The molecule has 1 atom stereocenters. The molecule has 1 unspecified atom stereocenters. The minimum absolute atomic E-state index is 0.0848. The van der Waals surface area contributed by atoms with Crippen LogP contribution in [-0.4, -0.2) is 60.2 Å². The highest BCUT2D eigenvalue weighted by atomic mass is 16.2. The molecule has 3 aliphatic rings. The predicted octanol–water partition coefficient (Wildman–Crippen LogP) is 3.10. The lowest BCUT2D eigenvalue weighted by Gasteiger charge is -2.32. The Bertz CT molecular complexity index is 558. The standard InChI is InChI=1S/C23H39N3O3/c27-21-10-6-15-25(21)16-7-17-26-18-20(11-12-22(26)28)23(29)24-14-13-19-8-4-2-1-3-5-9-19/h19-20H,1-18H2,(H,24,29). The summed E-state index contributed by atoms with van der Waals surface area (Å²) in [6.07, 6.45) is 14.0. The van der Waals surface area contributed by atoms with Gasteiger partial charge in [0.2, 0.25) is 17.7 Å². The van der Waals surface area contributed by atoms with Crippen LogP contribution in [0.2, 0.25) is 0 Å². The predicted molar refractivity (Wildman–Crippen MR) is 113 cm³/mol. The third kappa shape index (κ3) is 7.00. The van der Waals surface area contributed by atoms with E-state index in [4.69, 9.17) is 0 Å². The van der Waals surface area contributed by atoms with Gasteiger partial charge in [0.25, 0.3) is 0 Å². The molecular weight excluding hydrogens is 366 g/mol. The molecule has 0 aromatic carbocycles. The Hall–Kier alpha value is -1.59. The van der Waals surface area contributed by atoms with Crippen molar-refractivity contribution >= 4 is 17.7 Å². The van der Waals surface area contributed by atoms with Crippen molar-refractivity contribution in [3.05, 3.63) is 0 Å². The maximum atomic E-state index is 12.6. The minimum Gasteiger partial charge on any atom is -0.356 e. The van der Waals surface area contributed by atoms with Crippen LogP contribution in [0.1, 0.15) is 83.5 Å². The molecule has 0 bridgehead atoms. The van der Waals surface area contributed by atoms with Crippen LogP contribution in [0.4, 0.5) is 0 Å². The number of nitrogens with one attached hydrogen (secondary N) is 1. The molecule has 2 heterocycles. The van der Waals surface area contributed by atoms with Crippen LogP contribution in [0.25, 0.3) is 0 Å². The molecule has 0 aromatic rings. The molecule has 0 spiro atoms. The molecule has 164 valence electrons. The van der Waals surface area contributed by atoms with Gasteiger partial charge in [-0.3, -0.25) is 14.4 Å². The number of likely N-dealkylation sites (tertiary alicyclic amines) is 2. The van der Waals surface area contributed by atoms with E-state index in [1.165, 1.54) is 44.9 Å². The molecule has 6 nitrogen and oxygen atoms in total. The number of hydrogen-bond acceptors (Lipinski definition) is 3. The molecule has 3 fully saturated rings. The number of rotatable bonds is 8. The van der Waals surface area contributed by atoms with Crippen LogP contribution >= 0.6 is 0 Å². The lowest BCUT2D eigenvalue weighted by atomic mass is 9.89. The molecule has 1 aliphatic carbocycles. The normalized spacial score (nSPS) is 24.5. The van der Waals surface area contributed by atoms with Crippen molar-refractivity contribution in [2.45, 2.75) is 83.5 Å². The van der Waals surface area contributed by atoms with Gasteiger partial charge in [-0.1, -0.05) is 44.9 Å². The van der Waals surface area contributed by atoms with Crippen LogP contribution < -0.4 is 5.32 Å². The fraction of sp³-hybridized carbons (Fsp3) is 0.870. The molecule has 3 rings (SSSR count). The zero-order chi connectivity index (χ0) is 20.5. The topological polar surface area (TPSA) is 69.7 Å². The quantitative estimate of drug-likeness (QED) is 0.675. The Labute approximate surface area is 175 Å². The highest BCUT2D eigenvalue weighted by molar-refractivity contribution is 5.83. The van der Waals surface area contributed by atoms with E-state index in [9.17, 15) is 14.4 Å². The van der Waals surface area contributed by atoms with Gasteiger partial charge in [-0.2, -0.15) is 0 Å². The summed E-state index contributed by atoms with van der Waals surface area (Å²) in [5.74, 6) is 1.17. The molecule has 0 aromatic heterocycles. The summed E-state index contributed by atoms with van der Waals surface area (Å²) in [6.45, 7) is 3.52. The van der Waals surface area contributed by atoms with E-state index in [1.54, 1.807) is 0 Å². The second kappa shape index (κ2) is 11.6. The lowest BCUT2D eigenvalue weighted by Crippen LogP contribution is -2.46. The van der Waals surface area contributed by atoms with Crippen molar-refractivity contribution in [2.24, 2.45) is 11.8 Å². The molecule has 6 heteroatoms. The van der Waals surface area contributed by atoms with Crippen molar-refractivity contribution in [1.82, 2.24) is 15.1 Å². The van der Waals surface area contributed by atoms with Crippen molar-refractivity contribution in [2.75, 3.05) is 32.7 Å². The summed E-state index contributed by atoms with van der Waals surface area (Å²) < 4.78 is 0. The zero-order valence-corrected chi connectivity index (χ0v) is 18.0. The van der Waals surface area contributed by atoms with Crippen LogP contribution in [0.15, 0.2) is 0 Å². The first-order valence-electron chi connectivity index (χ1n) is 12.0. The number of piperidine rings is 1. The van der Waals surface area contributed by atoms with E-state index in [2.05, 4.69) is 5.32 Å². The van der Waals surface area contributed by atoms with Gasteiger partial charge in [-0.25, -0.2) is 0 Å². The summed E-state index contributed by atoms with van der Waals surface area (Å²) in [5.41, 5.74) is 0. The second-order valence-electron chi connectivity index (χ2n) is 9.20. The van der Waals surface area contributed by atoms with Gasteiger partial charge in [0.15, 0.2) is 0 Å². The zero-order valence-electron chi connectivity index (χ0n) is 18.0. The third-order valence-corrected chi connectivity index (χ3v) is 6.97. The third-order valence-electron chi connectivity index (χ3n) is 6.97. The van der Waals surface area contributed by atoms with E-state index in [0.29, 0.717) is 32.4 Å². The molecule has 3 amide bonds. The first-order valence-corrected chi connectivity index (χ1v) is 12.0. The molecule has 1 saturated carbocycles. The molecule has 0 radical (unpaired) electrons. The van der Waals surface area contributed by atoms with Crippen molar-refractivity contribution in [3.8, 4) is 0 Å². The molecule has 2 aliphatic heterocycles. The van der Waals surface area contributed by atoms with Crippen LogP contribution in [0.5, 0.6) is 0 Å². The van der Waals surface area contributed by atoms with Gasteiger partial charge in [0.05, 0.1) is 5.92 Å². The van der Waals surface area contributed by atoms with Gasteiger partial charge in [-0.15, -0.1) is 0 Å². The number of carbonyl (C=O) groups excluding carboxylic acids is 3. The first kappa shape index (κ1) is 22.1. The summed E-state index contributed by atoms with van der Waals surface area (Å²) in [5, 5.41) is 3.15. The Morgan fingerprint density at radius 3 is 2.28 bits per heavy atom. The van der Waals surface area contributed by atoms with Crippen LogP contribution in [-0.2, 0) is 14.4 Å². The average Bonchev–Trinajstić information content (AvgIpc) is 3.09. The number of hydrogen-bond donors (Lipinski definition) is 1. The molecule has 2 saturated heterocycles. The van der Waals surface area contributed by atoms with E-state index >= 15 is 0 Å². The van der Waals surface area contributed by atoms with Crippen molar-refractivity contribution in [1.29, 1.82) is 0 Å². The minimum atomic E-state index is -0.0848. The summed E-state index contributed by atoms with van der Waals surface area (Å²) in [7, 11) is 0. The van der Waals surface area contributed by atoms with Gasteiger partial charge >= 0.3 is 0 Å². The SMILES string of the molecule is O=C(NCCC1CCCCCCC1)C1CCC(=O)N(CCCN2CCCC2=O)C1. The Kier molecular flexibility index (Phi) is 8.81. The number of carbonyl (C=O) groups is 3. The van der Waals surface area contributed by atoms with Crippen LogP contribution in [0.3, 0.4) is 0 Å². The first-order chi connectivity index (χ1) is 14.1. The second-order valence-corrected chi connectivity index (χ2v) is 9.20. The molecule has 1 N–H and O–H groups in total. The van der Waals surface area contributed by atoms with Gasteiger partial charge in [-0.05, 0) is 31.6 Å². The van der Waals surface area contributed by atoms with Crippen molar-refractivity contribution in [3.63, 3.8) is 0 Å². The summed E-state index contributed by atoms with van der Waals surface area (Å²) >= 11 is 0. The maximum absolute atomic E-state index is 12.6. The van der Waals surface area contributed by atoms with Gasteiger partial charge in [0.1, 0.15) is 0 Å². The van der Waals surface area contributed by atoms with E-state index < -0.39 is 0 Å². The van der Waals surface area contributed by atoms with Crippen LogP contribution in [0, 0.1) is 11.8 Å².